The first-order valence-electron chi connectivity index (χ1n) is 1.75. The summed E-state index contributed by atoms with van der Waals surface area (Å²) >= 11 is 5.66. The molecule has 0 amide bonds. The molecule has 1 atom stereocenters. The van der Waals surface area contributed by atoms with E-state index in [9.17, 15) is 0 Å². The van der Waals surface area contributed by atoms with E-state index < -0.39 is 0 Å². The van der Waals surface area contributed by atoms with Gasteiger partial charge in [-0.2, -0.15) is 12.6 Å². The van der Waals surface area contributed by atoms with E-state index in [4.69, 9.17) is 0 Å². The average molecular weight is 119 g/mol. The van der Waals surface area contributed by atoms with Gasteiger partial charge in [0.1, 0.15) is 0 Å². The van der Waals surface area contributed by atoms with Crippen molar-refractivity contribution in [3.63, 3.8) is 0 Å². The van der Waals surface area contributed by atoms with Crippen molar-refractivity contribution >= 4 is 30.8 Å². The van der Waals surface area contributed by atoms with E-state index in [-0.39, 0.29) is 0 Å². The van der Waals surface area contributed by atoms with Gasteiger partial charge in [-0.1, -0.05) is 0 Å². The Kier molecular flexibility index (Phi) is 1.42. The zero-order chi connectivity index (χ0) is 4.41. The van der Waals surface area contributed by atoms with Gasteiger partial charge >= 0.3 is 0 Å². The van der Waals surface area contributed by atoms with Crippen LogP contribution >= 0.6 is 24.6 Å². The average Bonchev–Trinajstić information content (AvgIpc) is 1.86. The minimum Gasteiger partial charge on any atom is -0.228 e. The molecule has 1 rings (SSSR count). The molecular formula is C3H5NS2. The van der Waals surface area contributed by atoms with Crippen LogP contribution in [0.3, 0.4) is 0 Å². The van der Waals surface area contributed by atoms with Gasteiger partial charge < -0.3 is 0 Å². The molecule has 0 radical (unpaired) electrons. The highest BCUT2D eigenvalue weighted by molar-refractivity contribution is 8.09. The van der Waals surface area contributed by atoms with Gasteiger partial charge in [-0.25, -0.2) is 4.40 Å². The zero-order valence-electron chi connectivity index (χ0n) is 3.16. The highest BCUT2D eigenvalue weighted by atomic mass is 32.2. The molecule has 1 heterocycles. The molecule has 1 aliphatic heterocycles. The smallest absolute Gasteiger partial charge is 0.0740 e. The van der Waals surface area contributed by atoms with Crippen molar-refractivity contribution in [3.05, 3.63) is 0 Å². The number of hydrogen-bond acceptors (Lipinski definition) is 3. The van der Waals surface area contributed by atoms with Crippen LogP contribution in [0.15, 0.2) is 4.40 Å². The lowest BCUT2D eigenvalue weighted by Crippen LogP contribution is -1.80. The Hall–Kier alpha value is 0.370. The summed E-state index contributed by atoms with van der Waals surface area (Å²) in [5.74, 6) is 0. The SMILES string of the molecule is SC1CC=NS1. The van der Waals surface area contributed by atoms with E-state index in [1.54, 1.807) is 0 Å². The molecule has 0 aromatic carbocycles. The highest BCUT2D eigenvalue weighted by Crippen LogP contribution is 2.22. The van der Waals surface area contributed by atoms with Crippen LogP contribution in [0.4, 0.5) is 0 Å². The van der Waals surface area contributed by atoms with Crippen molar-refractivity contribution in [3.8, 4) is 0 Å². The van der Waals surface area contributed by atoms with Crippen LogP contribution in [0.2, 0.25) is 0 Å². The van der Waals surface area contributed by atoms with Crippen molar-refractivity contribution in [2.24, 2.45) is 4.40 Å². The predicted molar refractivity (Wildman–Crippen MR) is 33.5 cm³/mol. The Morgan fingerprint density at radius 3 is 3.00 bits per heavy atom. The number of nitrogens with zero attached hydrogens (tertiary/aromatic N) is 1. The largest absolute Gasteiger partial charge is 0.228 e. The number of rotatable bonds is 0. The summed E-state index contributed by atoms with van der Waals surface area (Å²) in [4.78, 5) is 0. The Balaban J connectivity index is 2.32. The first-order chi connectivity index (χ1) is 2.89. The summed E-state index contributed by atoms with van der Waals surface area (Å²) in [6.07, 6.45) is 2.91. The van der Waals surface area contributed by atoms with Crippen LogP contribution in [0.25, 0.3) is 0 Å². The Labute approximate surface area is 46.8 Å². The number of hydrogen-bond donors (Lipinski definition) is 1. The summed E-state index contributed by atoms with van der Waals surface area (Å²) in [6, 6.07) is 0. The van der Waals surface area contributed by atoms with Crippen molar-refractivity contribution in [2.75, 3.05) is 0 Å². The summed E-state index contributed by atoms with van der Waals surface area (Å²) in [5.41, 5.74) is 0. The molecule has 0 aliphatic carbocycles. The fraction of sp³-hybridized carbons (Fsp3) is 0.667. The van der Waals surface area contributed by atoms with Crippen LogP contribution in [-0.4, -0.2) is 10.8 Å². The molecule has 0 N–H and O–H groups in total. The topological polar surface area (TPSA) is 12.4 Å². The molecule has 1 aliphatic rings. The van der Waals surface area contributed by atoms with Gasteiger partial charge in [0.15, 0.2) is 0 Å². The maximum absolute atomic E-state index is 4.13. The third-order valence-electron chi connectivity index (χ3n) is 0.564. The molecular weight excluding hydrogens is 114 g/mol. The summed E-state index contributed by atoms with van der Waals surface area (Å²) in [7, 11) is 0. The van der Waals surface area contributed by atoms with E-state index in [2.05, 4.69) is 17.0 Å². The van der Waals surface area contributed by atoms with Gasteiger partial charge in [0, 0.05) is 12.6 Å². The second-order valence-electron chi connectivity index (χ2n) is 1.08. The lowest BCUT2D eigenvalue weighted by atomic mass is 10.5. The molecule has 0 saturated carbocycles. The fourth-order valence-corrected chi connectivity index (χ4v) is 1.03. The van der Waals surface area contributed by atoms with E-state index in [1.165, 1.54) is 11.9 Å². The monoisotopic (exact) mass is 119 g/mol. The maximum Gasteiger partial charge on any atom is 0.0740 e. The van der Waals surface area contributed by atoms with Crippen LogP contribution in [0.5, 0.6) is 0 Å². The third-order valence-corrected chi connectivity index (χ3v) is 1.76. The van der Waals surface area contributed by atoms with E-state index in [1.807, 2.05) is 6.21 Å². The first-order valence-corrected chi connectivity index (χ1v) is 3.10. The molecule has 1 unspecified atom stereocenters. The second-order valence-corrected chi connectivity index (χ2v) is 3.05. The molecule has 0 aromatic rings. The Morgan fingerprint density at radius 2 is 2.83 bits per heavy atom. The first kappa shape index (κ1) is 4.53. The van der Waals surface area contributed by atoms with Gasteiger partial charge in [-0.3, -0.25) is 0 Å². The normalized spacial score (nSPS) is 31.8. The summed E-state index contributed by atoms with van der Waals surface area (Å²) < 4.78 is 4.31. The molecule has 1 nitrogen and oxygen atoms in total. The van der Waals surface area contributed by atoms with E-state index in [0.29, 0.717) is 4.58 Å². The van der Waals surface area contributed by atoms with Crippen molar-refractivity contribution in [1.82, 2.24) is 0 Å². The minimum absolute atomic E-state index is 0.435. The fourth-order valence-electron chi connectivity index (χ4n) is 0.290. The zero-order valence-corrected chi connectivity index (χ0v) is 4.88. The van der Waals surface area contributed by atoms with E-state index >= 15 is 0 Å². The predicted octanol–water partition coefficient (Wildman–Crippen LogP) is 1.36. The highest BCUT2D eigenvalue weighted by Gasteiger charge is 2.03. The summed E-state index contributed by atoms with van der Waals surface area (Å²) in [6.45, 7) is 0. The summed E-state index contributed by atoms with van der Waals surface area (Å²) in [5, 5.41) is 0. The van der Waals surface area contributed by atoms with Crippen molar-refractivity contribution < 1.29 is 0 Å². The van der Waals surface area contributed by atoms with Crippen molar-refractivity contribution in [2.45, 2.75) is 11.0 Å². The lowest BCUT2D eigenvalue weighted by Gasteiger charge is -1.88. The van der Waals surface area contributed by atoms with Gasteiger partial charge in [0.25, 0.3) is 0 Å². The van der Waals surface area contributed by atoms with Crippen LogP contribution in [-0.2, 0) is 0 Å². The Morgan fingerprint density at radius 1 is 2.00 bits per heavy atom. The molecule has 0 bridgehead atoms. The lowest BCUT2D eigenvalue weighted by molar-refractivity contribution is 1.32. The maximum atomic E-state index is 4.13. The van der Waals surface area contributed by atoms with Crippen LogP contribution in [0.1, 0.15) is 6.42 Å². The van der Waals surface area contributed by atoms with Gasteiger partial charge in [-0.15, -0.1) is 0 Å². The molecule has 0 fully saturated rings. The van der Waals surface area contributed by atoms with Gasteiger partial charge in [0.2, 0.25) is 0 Å². The van der Waals surface area contributed by atoms with Crippen molar-refractivity contribution in [1.29, 1.82) is 0 Å². The molecule has 0 saturated heterocycles. The molecule has 0 aromatic heterocycles. The molecule has 34 valence electrons. The second kappa shape index (κ2) is 1.89. The van der Waals surface area contributed by atoms with Gasteiger partial charge in [-0.05, 0) is 11.9 Å². The third kappa shape index (κ3) is 0.914. The minimum atomic E-state index is 0.435. The standard InChI is InChI=1S/C3H5NS2/c5-3-1-2-4-6-3/h2-3,5H,1H2. The van der Waals surface area contributed by atoms with Gasteiger partial charge in [0.05, 0.1) is 4.58 Å². The quantitative estimate of drug-likeness (QED) is 0.375. The number of thiol groups is 1. The van der Waals surface area contributed by atoms with Crippen LogP contribution < -0.4 is 0 Å². The van der Waals surface area contributed by atoms with E-state index in [0.717, 1.165) is 6.42 Å². The Bertz CT molecular complexity index is 63.2. The molecule has 0 spiro atoms. The molecule has 3 heteroatoms. The van der Waals surface area contributed by atoms with Crippen LogP contribution in [0, 0.1) is 0 Å². The molecule has 6 heavy (non-hydrogen) atoms.